The minimum atomic E-state index is -2.60. The van der Waals surface area contributed by atoms with Gasteiger partial charge in [0.2, 0.25) is 0 Å². The van der Waals surface area contributed by atoms with E-state index in [1.54, 1.807) is 0 Å². The van der Waals surface area contributed by atoms with Gasteiger partial charge in [-0.1, -0.05) is 6.42 Å². The molecule has 1 aliphatic carbocycles. The van der Waals surface area contributed by atoms with Crippen LogP contribution in [0.15, 0.2) is 12.4 Å². The van der Waals surface area contributed by atoms with Gasteiger partial charge in [0.25, 0.3) is 6.43 Å². The fourth-order valence-corrected chi connectivity index (χ4v) is 2.40. The molecule has 18 heavy (non-hydrogen) atoms. The van der Waals surface area contributed by atoms with Crippen LogP contribution in [0, 0.1) is 5.92 Å². The second-order valence-corrected chi connectivity index (χ2v) is 4.76. The zero-order valence-electron chi connectivity index (χ0n) is 10.1. The summed E-state index contributed by atoms with van der Waals surface area (Å²) in [6.07, 6.45) is 4.29. The van der Waals surface area contributed by atoms with Crippen molar-refractivity contribution in [3.63, 3.8) is 0 Å². The molecule has 100 valence electrons. The molecule has 4 nitrogen and oxygen atoms in total. The lowest BCUT2D eigenvalue weighted by molar-refractivity contribution is 0.146. The van der Waals surface area contributed by atoms with Gasteiger partial charge in [-0.15, -0.1) is 0 Å². The second-order valence-electron chi connectivity index (χ2n) is 4.76. The fourth-order valence-electron chi connectivity index (χ4n) is 2.40. The molecule has 6 heteroatoms. The van der Waals surface area contributed by atoms with Crippen LogP contribution in [0.3, 0.4) is 0 Å². The van der Waals surface area contributed by atoms with Crippen LogP contribution in [0.1, 0.15) is 37.8 Å². The van der Waals surface area contributed by atoms with Crippen LogP contribution in [-0.2, 0) is 0 Å². The van der Waals surface area contributed by atoms with E-state index in [2.05, 4.69) is 15.3 Å². The Morgan fingerprint density at radius 1 is 1.33 bits per heavy atom. The van der Waals surface area contributed by atoms with E-state index in [4.69, 9.17) is 5.73 Å². The Hall–Kier alpha value is -1.30. The SMILES string of the molecule is NC1CCCC(CNc2nccnc2C(F)F)C1. The average Bonchev–Trinajstić information content (AvgIpc) is 2.37. The molecule has 0 bridgehead atoms. The standard InChI is InChI=1S/C12H18F2N4/c13-11(14)10-12(17-5-4-16-10)18-7-8-2-1-3-9(15)6-8/h4-5,8-9,11H,1-3,6-7,15H2,(H,17,18). The predicted molar refractivity (Wildman–Crippen MR) is 65.4 cm³/mol. The maximum absolute atomic E-state index is 12.7. The van der Waals surface area contributed by atoms with E-state index in [-0.39, 0.29) is 17.6 Å². The summed E-state index contributed by atoms with van der Waals surface area (Å²) in [7, 11) is 0. The fraction of sp³-hybridized carbons (Fsp3) is 0.667. The zero-order chi connectivity index (χ0) is 13.0. The Morgan fingerprint density at radius 3 is 2.83 bits per heavy atom. The van der Waals surface area contributed by atoms with E-state index in [9.17, 15) is 8.78 Å². The molecule has 2 rings (SSSR count). The summed E-state index contributed by atoms with van der Waals surface area (Å²) < 4.78 is 25.4. The molecule has 0 saturated heterocycles. The Balaban J connectivity index is 1.93. The Bertz CT molecular complexity index is 386. The highest BCUT2D eigenvalue weighted by molar-refractivity contribution is 5.40. The monoisotopic (exact) mass is 256 g/mol. The molecule has 2 atom stereocenters. The highest BCUT2D eigenvalue weighted by Gasteiger charge is 2.20. The van der Waals surface area contributed by atoms with Crippen molar-refractivity contribution >= 4 is 5.82 Å². The number of hydrogen-bond donors (Lipinski definition) is 2. The van der Waals surface area contributed by atoms with Gasteiger partial charge < -0.3 is 11.1 Å². The third-order valence-corrected chi connectivity index (χ3v) is 3.31. The van der Waals surface area contributed by atoms with E-state index in [0.29, 0.717) is 12.5 Å². The molecule has 0 amide bonds. The lowest BCUT2D eigenvalue weighted by Gasteiger charge is -2.27. The summed E-state index contributed by atoms with van der Waals surface area (Å²) in [5, 5.41) is 2.98. The molecule has 1 aliphatic rings. The predicted octanol–water partition coefficient (Wildman–Crippen LogP) is 2.34. The Kier molecular flexibility index (Phi) is 4.41. The molecule has 1 aromatic rings. The summed E-state index contributed by atoms with van der Waals surface area (Å²) in [5.74, 6) is 0.618. The largest absolute Gasteiger partial charge is 0.368 e. The van der Waals surface area contributed by atoms with Crippen LogP contribution in [0.2, 0.25) is 0 Å². The highest BCUT2D eigenvalue weighted by atomic mass is 19.3. The number of halogens is 2. The highest BCUT2D eigenvalue weighted by Crippen LogP contribution is 2.25. The molecule has 0 spiro atoms. The third kappa shape index (κ3) is 3.35. The summed E-state index contributed by atoms with van der Waals surface area (Å²) in [6, 6.07) is 0.238. The summed E-state index contributed by atoms with van der Waals surface area (Å²) in [5.41, 5.74) is 5.62. The van der Waals surface area contributed by atoms with Crippen molar-refractivity contribution in [1.82, 2.24) is 9.97 Å². The molecule has 1 aromatic heterocycles. The van der Waals surface area contributed by atoms with Crippen molar-refractivity contribution in [2.75, 3.05) is 11.9 Å². The van der Waals surface area contributed by atoms with Gasteiger partial charge in [0.1, 0.15) is 5.69 Å². The van der Waals surface area contributed by atoms with Gasteiger partial charge in [-0.25, -0.2) is 18.7 Å². The molecule has 0 radical (unpaired) electrons. The number of aromatic nitrogens is 2. The maximum Gasteiger partial charge on any atom is 0.283 e. The number of nitrogens with one attached hydrogen (secondary N) is 1. The molecule has 0 aliphatic heterocycles. The number of alkyl halides is 2. The van der Waals surface area contributed by atoms with E-state index in [0.717, 1.165) is 25.7 Å². The van der Waals surface area contributed by atoms with Crippen molar-refractivity contribution in [3.8, 4) is 0 Å². The van der Waals surface area contributed by atoms with Crippen LogP contribution in [0.25, 0.3) is 0 Å². The molecule has 2 unspecified atom stereocenters. The number of anilines is 1. The minimum absolute atomic E-state index is 0.187. The first kappa shape index (κ1) is 13.1. The van der Waals surface area contributed by atoms with Crippen molar-refractivity contribution < 1.29 is 8.78 Å². The lowest BCUT2D eigenvalue weighted by Crippen LogP contribution is -2.31. The van der Waals surface area contributed by atoms with Crippen LogP contribution in [0.4, 0.5) is 14.6 Å². The first-order chi connectivity index (χ1) is 8.66. The molecule has 0 aromatic carbocycles. The average molecular weight is 256 g/mol. The van der Waals surface area contributed by atoms with Crippen LogP contribution in [0.5, 0.6) is 0 Å². The summed E-state index contributed by atoms with van der Waals surface area (Å²) in [6.45, 7) is 0.631. The van der Waals surface area contributed by atoms with Crippen molar-refractivity contribution in [3.05, 3.63) is 18.1 Å². The molecular weight excluding hydrogens is 238 g/mol. The van der Waals surface area contributed by atoms with Gasteiger partial charge in [0.05, 0.1) is 0 Å². The van der Waals surface area contributed by atoms with E-state index in [1.165, 1.54) is 12.4 Å². The number of nitrogens with zero attached hydrogens (tertiary/aromatic N) is 2. The number of rotatable bonds is 4. The Morgan fingerprint density at radius 2 is 2.11 bits per heavy atom. The van der Waals surface area contributed by atoms with Crippen molar-refractivity contribution in [1.29, 1.82) is 0 Å². The number of hydrogen-bond acceptors (Lipinski definition) is 4. The molecule has 1 fully saturated rings. The van der Waals surface area contributed by atoms with Crippen molar-refractivity contribution in [2.45, 2.75) is 38.2 Å². The summed E-state index contributed by atoms with van der Waals surface area (Å²) >= 11 is 0. The first-order valence-corrected chi connectivity index (χ1v) is 6.25. The van der Waals surface area contributed by atoms with Gasteiger partial charge in [-0.3, -0.25) is 0 Å². The van der Waals surface area contributed by atoms with Crippen LogP contribution in [-0.4, -0.2) is 22.6 Å². The lowest BCUT2D eigenvalue weighted by atomic mass is 9.86. The summed E-state index contributed by atoms with van der Waals surface area (Å²) in [4.78, 5) is 7.58. The van der Waals surface area contributed by atoms with Gasteiger partial charge in [0, 0.05) is 25.0 Å². The maximum atomic E-state index is 12.7. The van der Waals surface area contributed by atoms with Gasteiger partial charge in [-0.2, -0.15) is 0 Å². The van der Waals surface area contributed by atoms with Crippen LogP contribution >= 0.6 is 0 Å². The second kappa shape index (κ2) is 6.04. The van der Waals surface area contributed by atoms with Crippen LogP contribution < -0.4 is 11.1 Å². The normalized spacial score (nSPS) is 24.2. The quantitative estimate of drug-likeness (QED) is 0.868. The van der Waals surface area contributed by atoms with E-state index >= 15 is 0 Å². The first-order valence-electron chi connectivity index (χ1n) is 6.25. The van der Waals surface area contributed by atoms with Gasteiger partial charge in [0.15, 0.2) is 5.82 Å². The molecule has 3 N–H and O–H groups in total. The molecular formula is C12H18F2N4. The van der Waals surface area contributed by atoms with Crippen molar-refractivity contribution in [2.24, 2.45) is 11.7 Å². The van der Waals surface area contributed by atoms with E-state index in [1.807, 2.05) is 0 Å². The third-order valence-electron chi connectivity index (χ3n) is 3.31. The Labute approximate surface area is 105 Å². The van der Waals surface area contributed by atoms with Gasteiger partial charge in [-0.05, 0) is 25.2 Å². The molecule has 1 saturated carbocycles. The topological polar surface area (TPSA) is 63.8 Å². The smallest absolute Gasteiger partial charge is 0.283 e. The molecule has 1 heterocycles. The van der Waals surface area contributed by atoms with E-state index < -0.39 is 6.43 Å². The zero-order valence-corrected chi connectivity index (χ0v) is 10.1. The minimum Gasteiger partial charge on any atom is -0.368 e. The number of nitrogens with two attached hydrogens (primary N) is 1. The van der Waals surface area contributed by atoms with Gasteiger partial charge >= 0.3 is 0 Å².